The molecule has 1 aliphatic heterocycles. The van der Waals surface area contributed by atoms with Crippen molar-refractivity contribution in [1.29, 1.82) is 0 Å². The van der Waals surface area contributed by atoms with Gasteiger partial charge in [-0.15, -0.1) is 0 Å². The summed E-state index contributed by atoms with van der Waals surface area (Å²) in [6, 6.07) is 9.23. The second kappa shape index (κ2) is 7.28. The first-order chi connectivity index (χ1) is 10.4. The maximum Gasteiger partial charge on any atom is 0.123 e. The van der Waals surface area contributed by atoms with Crippen molar-refractivity contribution in [2.45, 2.75) is 45.2 Å². The molecule has 116 valence electrons. The summed E-state index contributed by atoms with van der Waals surface area (Å²) in [7, 11) is 0. The van der Waals surface area contributed by atoms with Gasteiger partial charge in [-0.05, 0) is 44.3 Å². The summed E-state index contributed by atoms with van der Waals surface area (Å²) in [5, 5.41) is 3.67. The van der Waals surface area contributed by atoms with Gasteiger partial charge >= 0.3 is 0 Å². The molecular weight excluding hydrogens is 260 g/mol. The zero-order valence-electron chi connectivity index (χ0n) is 13.2. The van der Waals surface area contributed by atoms with Crippen LogP contribution in [-0.4, -0.2) is 37.2 Å². The predicted octanol–water partition coefficient (Wildman–Crippen LogP) is 3.05. The highest BCUT2D eigenvalue weighted by atomic mass is 16.5. The van der Waals surface area contributed by atoms with Gasteiger partial charge in [-0.25, -0.2) is 0 Å². The first-order valence-corrected chi connectivity index (χ1v) is 8.53. The molecule has 1 N–H and O–H groups in total. The largest absolute Gasteiger partial charge is 0.492 e. The van der Waals surface area contributed by atoms with E-state index in [1.54, 1.807) is 0 Å². The SMILES string of the molecule is CCNC1CCCC1CCN1CCOc2ccccc2C1. The van der Waals surface area contributed by atoms with Gasteiger partial charge in [0.2, 0.25) is 0 Å². The molecule has 1 aromatic rings. The van der Waals surface area contributed by atoms with Gasteiger partial charge in [-0.2, -0.15) is 0 Å². The number of hydrogen-bond acceptors (Lipinski definition) is 3. The lowest BCUT2D eigenvalue weighted by molar-refractivity contribution is 0.208. The van der Waals surface area contributed by atoms with Crippen LogP contribution in [0, 0.1) is 5.92 Å². The molecule has 1 aliphatic carbocycles. The summed E-state index contributed by atoms with van der Waals surface area (Å²) in [5.41, 5.74) is 1.34. The van der Waals surface area contributed by atoms with Crippen molar-refractivity contribution in [2.75, 3.05) is 26.2 Å². The normalized spacial score (nSPS) is 26.1. The van der Waals surface area contributed by atoms with Crippen LogP contribution >= 0.6 is 0 Å². The van der Waals surface area contributed by atoms with E-state index in [4.69, 9.17) is 4.74 Å². The van der Waals surface area contributed by atoms with Gasteiger partial charge in [0.1, 0.15) is 12.4 Å². The van der Waals surface area contributed by atoms with E-state index < -0.39 is 0 Å². The number of nitrogens with zero attached hydrogens (tertiary/aromatic N) is 1. The summed E-state index contributed by atoms with van der Waals surface area (Å²) in [6.45, 7) is 7.43. The summed E-state index contributed by atoms with van der Waals surface area (Å²) in [4.78, 5) is 2.56. The number of rotatable bonds is 5. The smallest absolute Gasteiger partial charge is 0.123 e. The lowest BCUT2D eigenvalue weighted by Crippen LogP contribution is -2.35. The lowest BCUT2D eigenvalue weighted by Gasteiger charge is -2.25. The summed E-state index contributed by atoms with van der Waals surface area (Å²) >= 11 is 0. The average Bonchev–Trinajstić information content (AvgIpc) is 2.83. The Hall–Kier alpha value is -1.06. The fourth-order valence-electron chi connectivity index (χ4n) is 3.83. The molecule has 0 saturated heterocycles. The minimum absolute atomic E-state index is 0.755. The van der Waals surface area contributed by atoms with Crippen LogP contribution in [0.2, 0.25) is 0 Å². The van der Waals surface area contributed by atoms with Gasteiger partial charge in [-0.3, -0.25) is 4.90 Å². The van der Waals surface area contributed by atoms with Crippen LogP contribution < -0.4 is 10.1 Å². The predicted molar refractivity (Wildman–Crippen MR) is 86.6 cm³/mol. The molecule has 3 heteroatoms. The fraction of sp³-hybridized carbons (Fsp3) is 0.667. The Balaban J connectivity index is 1.54. The molecule has 3 rings (SSSR count). The van der Waals surface area contributed by atoms with Crippen molar-refractivity contribution in [2.24, 2.45) is 5.92 Å². The van der Waals surface area contributed by atoms with Gasteiger partial charge in [0.05, 0.1) is 0 Å². The van der Waals surface area contributed by atoms with Crippen molar-refractivity contribution in [3.8, 4) is 5.75 Å². The Morgan fingerprint density at radius 1 is 1.29 bits per heavy atom. The van der Waals surface area contributed by atoms with Crippen molar-refractivity contribution >= 4 is 0 Å². The number of hydrogen-bond donors (Lipinski definition) is 1. The van der Waals surface area contributed by atoms with Crippen LogP contribution in [-0.2, 0) is 6.54 Å². The molecule has 1 fully saturated rings. The molecule has 3 nitrogen and oxygen atoms in total. The monoisotopic (exact) mass is 288 g/mol. The molecule has 1 aromatic carbocycles. The van der Waals surface area contributed by atoms with Crippen molar-refractivity contribution in [3.05, 3.63) is 29.8 Å². The maximum absolute atomic E-state index is 5.86. The summed E-state index contributed by atoms with van der Waals surface area (Å²) in [5.74, 6) is 1.94. The standard InChI is InChI=1S/C18H28N2O/c1-2-19-17-8-5-7-15(17)10-11-20-12-13-21-18-9-4-3-6-16(18)14-20/h3-4,6,9,15,17,19H,2,5,7-8,10-14H2,1H3. The second-order valence-corrected chi connectivity index (χ2v) is 6.38. The summed E-state index contributed by atoms with van der Waals surface area (Å²) in [6.07, 6.45) is 5.48. The Labute approximate surface area is 128 Å². The zero-order chi connectivity index (χ0) is 14.5. The molecule has 0 spiro atoms. The van der Waals surface area contributed by atoms with Gasteiger partial charge in [-0.1, -0.05) is 31.5 Å². The minimum Gasteiger partial charge on any atom is -0.492 e. The molecule has 1 saturated carbocycles. The third kappa shape index (κ3) is 3.78. The number of para-hydroxylation sites is 1. The van der Waals surface area contributed by atoms with Crippen LogP contribution in [0.25, 0.3) is 0 Å². The van der Waals surface area contributed by atoms with E-state index in [1.807, 2.05) is 0 Å². The first kappa shape index (κ1) is 14.9. The van der Waals surface area contributed by atoms with E-state index in [0.717, 1.165) is 44.0 Å². The van der Waals surface area contributed by atoms with Crippen LogP contribution in [0.5, 0.6) is 5.75 Å². The molecule has 21 heavy (non-hydrogen) atoms. The fourth-order valence-corrected chi connectivity index (χ4v) is 3.83. The van der Waals surface area contributed by atoms with Crippen LogP contribution in [0.15, 0.2) is 24.3 Å². The van der Waals surface area contributed by atoms with Crippen LogP contribution in [0.4, 0.5) is 0 Å². The highest BCUT2D eigenvalue weighted by Crippen LogP contribution is 2.29. The molecule has 0 bridgehead atoms. The van der Waals surface area contributed by atoms with Crippen molar-refractivity contribution < 1.29 is 4.74 Å². The number of benzene rings is 1. The average molecular weight is 288 g/mol. The highest BCUT2D eigenvalue weighted by Gasteiger charge is 2.27. The highest BCUT2D eigenvalue weighted by molar-refractivity contribution is 5.33. The number of ether oxygens (including phenoxy) is 1. The zero-order valence-corrected chi connectivity index (χ0v) is 13.2. The van der Waals surface area contributed by atoms with Gasteiger partial charge in [0.25, 0.3) is 0 Å². The molecule has 2 unspecified atom stereocenters. The van der Waals surface area contributed by atoms with Gasteiger partial charge in [0.15, 0.2) is 0 Å². The second-order valence-electron chi connectivity index (χ2n) is 6.38. The van der Waals surface area contributed by atoms with Gasteiger partial charge < -0.3 is 10.1 Å². The third-order valence-electron chi connectivity index (χ3n) is 4.97. The van der Waals surface area contributed by atoms with E-state index in [-0.39, 0.29) is 0 Å². The number of nitrogens with one attached hydrogen (secondary N) is 1. The third-order valence-corrected chi connectivity index (χ3v) is 4.97. The quantitative estimate of drug-likeness (QED) is 0.901. The summed E-state index contributed by atoms with van der Waals surface area (Å²) < 4.78 is 5.86. The van der Waals surface area contributed by atoms with Crippen LogP contribution in [0.3, 0.4) is 0 Å². The first-order valence-electron chi connectivity index (χ1n) is 8.53. The van der Waals surface area contributed by atoms with E-state index >= 15 is 0 Å². The van der Waals surface area contributed by atoms with E-state index in [2.05, 4.69) is 41.4 Å². The Morgan fingerprint density at radius 3 is 3.10 bits per heavy atom. The molecular formula is C18H28N2O. The molecule has 0 amide bonds. The lowest BCUT2D eigenvalue weighted by atomic mass is 9.99. The van der Waals surface area contributed by atoms with E-state index in [1.165, 1.54) is 37.8 Å². The molecule has 2 atom stereocenters. The van der Waals surface area contributed by atoms with Crippen molar-refractivity contribution in [1.82, 2.24) is 10.2 Å². The molecule has 0 radical (unpaired) electrons. The Kier molecular flexibility index (Phi) is 5.15. The minimum atomic E-state index is 0.755. The molecule has 1 heterocycles. The Bertz CT molecular complexity index is 449. The van der Waals surface area contributed by atoms with E-state index in [0.29, 0.717) is 0 Å². The molecule has 2 aliphatic rings. The van der Waals surface area contributed by atoms with Gasteiger partial charge in [0, 0.05) is 24.7 Å². The molecule has 0 aromatic heterocycles. The topological polar surface area (TPSA) is 24.5 Å². The van der Waals surface area contributed by atoms with Crippen molar-refractivity contribution in [3.63, 3.8) is 0 Å². The number of fused-ring (bicyclic) bond motifs is 1. The Morgan fingerprint density at radius 2 is 2.19 bits per heavy atom. The van der Waals surface area contributed by atoms with E-state index in [9.17, 15) is 0 Å². The maximum atomic E-state index is 5.86. The van der Waals surface area contributed by atoms with Crippen LogP contribution in [0.1, 0.15) is 38.2 Å².